The number of carbonyl (C=O) groups is 3. The fourth-order valence-electron chi connectivity index (χ4n) is 1.81. The molecule has 1 N–H and O–H groups in total. The van der Waals surface area contributed by atoms with Gasteiger partial charge in [-0.25, -0.2) is 0 Å². The maximum absolute atomic E-state index is 12.2. The minimum absolute atomic E-state index is 0.125. The Hall–Kier alpha value is -2.63. The van der Waals surface area contributed by atoms with Gasteiger partial charge in [-0.15, -0.1) is 0 Å². The summed E-state index contributed by atoms with van der Waals surface area (Å²) in [5, 5.41) is 2.64. The van der Waals surface area contributed by atoms with E-state index in [2.05, 4.69) is 11.9 Å². The van der Waals surface area contributed by atoms with Gasteiger partial charge in [0.15, 0.2) is 0 Å². The summed E-state index contributed by atoms with van der Waals surface area (Å²) in [5.41, 5.74) is 1.20. The summed E-state index contributed by atoms with van der Waals surface area (Å²) in [6, 6.07) is 6.74. The third-order valence-electron chi connectivity index (χ3n) is 3.17. The molecular formula is C16H21N3O3. The number of carbonyl (C=O) groups excluding carboxylic acids is 3. The molecule has 0 heterocycles. The fraction of sp³-hybridized carbons (Fsp3) is 0.312. The first-order valence-electron chi connectivity index (χ1n) is 6.87. The summed E-state index contributed by atoms with van der Waals surface area (Å²) < 4.78 is 0. The molecule has 0 aliphatic rings. The molecule has 1 aromatic carbocycles. The number of anilines is 1. The van der Waals surface area contributed by atoms with Crippen molar-refractivity contribution in [3.05, 3.63) is 42.5 Å². The van der Waals surface area contributed by atoms with E-state index < -0.39 is 0 Å². The van der Waals surface area contributed by atoms with Crippen LogP contribution in [0.3, 0.4) is 0 Å². The maximum atomic E-state index is 12.2. The van der Waals surface area contributed by atoms with Crippen LogP contribution in [0.2, 0.25) is 0 Å². The average molecular weight is 303 g/mol. The van der Waals surface area contributed by atoms with E-state index in [0.717, 1.165) is 0 Å². The highest BCUT2D eigenvalue weighted by atomic mass is 16.2. The number of benzene rings is 1. The molecule has 0 bridgehead atoms. The Morgan fingerprint density at radius 3 is 2.27 bits per heavy atom. The summed E-state index contributed by atoms with van der Waals surface area (Å²) in [5.74, 6) is -0.485. The minimum Gasteiger partial charge on any atom is -0.355 e. The monoisotopic (exact) mass is 303 g/mol. The van der Waals surface area contributed by atoms with Gasteiger partial charge in [-0.3, -0.25) is 14.4 Å². The second-order valence-electron chi connectivity index (χ2n) is 4.86. The lowest BCUT2D eigenvalue weighted by Gasteiger charge is -2.19. The summed E-state index contributed by atoms with van der Waals surface area (Å²) in [4.78, 5) is 37.5. The molecule has 6 heteroatoms. The number of hydrogen-bond donors (Lipinski definition) is 1. The molecule has 0 unspecified atom stereocenters. The first-order valence-corrected chi connectivity index (χ1v) is 6.87. The van der Waals surface area contributed by atoms with Gasteiger partial charge in [-0.2, -0.15) is 0 Å². The number of hydrogen-bond acceptors (Lipinski definition) is 3. The van der Waals surface area contributed by atoms with Crippen molar-refractivity contribution in [2.75, 3.05) is 32.1 Å². The molecule has 0 saturated carbocycles. The van der Waals surface area contributed by atoms with Gasteiger partial charge in [0.25, 0.3) is 5.91 Å². The van der Waals surface area contributed by atoms with Crippen molar-refractivity contribution in [1.29, 1.82) is 0 Å². The molecule has 0 spiro atoms. The van der Waals surface area contributed by atoms with Crippen LogP contribution in [0.25, 0.3) is 0 Å². The molecule has 0 aromatic heterocycles. The lowest BCUT2D eigenvalue weighted by atomic mass is 10.1. The molecule has 118 valence electrons. The highest BCUT2D eigenvalue weighted by molar-refractivity contribution is 6.01. The summed E-state index contributed by atoms with van der Waals surface area (Å²) >= 11 is 0. The van der Waals surface area contributed by atoms with Crippen LogP contribution in [-0.4, -0.2) is 49.8 Å². The van der Waals surface area contributed by atoms with Crippen molar-refractivity contribution in [2.45, 2.75) is 6.92 Å². The van der Waals surface area contributed by atoms with Gasteiger partial charge in [0.2, 0.25) is 11.8 Å². The topological polar surface area (TPSA) is 69.7 Å². The molecule has 0 fully saturated rings. The van der Waals surface area contributed by atoms with Crippen LogP contribution in [0.5, 0.6) is 0 Å². The van der Waals surface area contributed by atoms with Crippen molar-refractivity contribution in [3.8, 4) is 0 Å². The van der Waals surface area contributed by atoms with Crippen molar-refractivity contribution in [3.63, 3.8) is 0 Å². The lowest BCUT2D eigenvalue weighted by Crippen LogP contribution is -2.35. The van der Waals surface area contributed by atoms with E-state index in [4.69, 9.17) is 0 Å². The lowest BCUT2D eigenvalue weighted by molar-refractivity contribution is -0.119. The molecular weight excluding hydrogens is 282 g/mol. The Balaban J connectivity index is 2.69. The van der Waals surface area contributed by atoms with Gasteiger partial charge < -0.3 is 15.1 Å². The zero-order valence-electron chi connectivity index (χ0n) is 13.1. The van der Waals surface area contributed by atoms with E-state index in [1.807, 2.05) is 0 Å². The predicted molar refractivity (Wildman–Crippen MR) is 85.7 cm³/mol. The van der Waals surface area contributed by atoms with Crippen molar-refractivity contribution in [1.82, 2.24) is 10.2 Å². The van der Waals surface area contributed by atoms with Gasteiger partial charge in [-0.05, 0) is 30.3 Å². The molecule has 3 amide bonds. The molecule has 0 radical (unpaired) electrons. The molecule has 0 saturated heterocycles. The third-order valence-corrected chi connectivity index (χ3v) is 3.17. The minimum atomic E-state index is -0.216. The number of nitrogens with zero attached hydrogens (tertiary/aromatic N) is 2. The number of likely N-dealkylation sites (N-methyl/N-ethyl adjacent to an activating group) is 2. The van der Waals surface area contributed by atoms with E-state index in [1.165, 1.54) is 22.8 Å². The second-order valence-corrected chi connectivity index (χ2v) is 4.86. The Labute approximate surface area is 130 Å². The van der Waals surface area contributed by atoms with E-state index >= 15 is 0 Å². The van der Waals surface area contributed by atoms with E-state index in [1.54, 1.807) is 38.4 Å². The highest BCUT2D eigenvalue weighted by Crippen LogP contribution is 2.15. The standard InChI is InChI=1S/C16H21N3O3/c1-5-15(21)19(4)14-8-6-13(7-9-14)16(22)18(3)11-10-17-12(2)20/h5-9H,1,10-11H2,2-4H3,(H,17,20). The summed E-state index contributed by atoms with van der Waals surface area (Å²) in [7, 11) is 3.31. The van der Waals surface area contributed by atoms with E-state index in [0.29, 0.717) is 24.3 Å². The zero-order chi connectivity index (χ0) is 16.7. The maximum Gasteiger partial charge on any atom is 0.253 e. The molecule has 22 heavy (non-hydrogen) atoms. The fourth-order valence-corrected chi connectivity index (χ4v) is 1.81. The average Bonchev–Trinajstić information content (AvgIpc) is 2.52. The van der Waals surface area contributed by atoms with E-state index in [-0.39, 0.29) is 17.7 Å². The number of amides is 3. The van der Waals surface area contributed by atoms with Crippen molar-refractivity contribution >= 4 is 23.4 Å². The van der Waals surface area contributed by atoms with Crippen LogP contribution in [-0.2, 0) is 9.59 Å². The first-order chi connectivity index (χ1) is 10.4. The molecule has 0 aliphatic carbocycles. The highest BCUT2D eigenvalue weighted by Gasteiger charge is 2.13. The largest absolute Gasteiger partial charge is 0.355 e. The Morgan fingerprint density at radius 2 is 1.77 bits per heavy atom. The smallest absolute Gasteiger partial charge is 0.253 e. The van der Waals surface area contributed by atoms with Gasteiger partial charge in [0, 0.05) is 45.4 Å². The van der Waals surface area contributed by atoms with Crippen LogP contribution in [0.1, 0.15) is 17.3 Å². The SMILES string of the molecule is C=CC(=O)N(C)c1ccc(C(=O)N(C)CCNC(C)=O)cc1. The van der Waals surface area contributed by atoms with Gasteiger partial charge in [-0.1, -0.05) is 6.58 Å². The van der Waals surface area contributed by atoms with Crippen molar-refractivity contribution in [2.24, 2.45) is 0 Å². The van der Waals surface area contributed by atoms with Crippen LogP contribution in [0.4, 0.5) is 5.69 Å². The summed E-state index contributed by atoms with van der Waals surface area (Å²) in [6.07, 6.45) is 1.23. The predicted octanol–water partition coefficient (Wildman–Crippen LogP) is 1.04. The summed E-state index contributed by atoms with van der Waals surface area (Å²) in [6.45, 7) is 5.70. The Morgan fingerprint density at radius 1 is 1.18 bits per heavy atom. The van der Waals surface area contributed by atoms with Crippen LogP contribution < -0.4 is 10.2 Å². The molecule has 0 aliphatic heterocycles. The van der Waals surface area contributed by atoms with Crippen LogP contribution in [0, 0.1) is 0 Å². The number of nitrogens with one attached hydrogen (secondary N) is 1. The normalized spacial score (nSPS) is 9.77. The number of rotatable bonds is 6. The second kappa shape index (κ2) is 7.97. The van der Waals surface area contributed by atoms with Gasteiger partial charge in [0.1, 0.15) is 0 Å². The van der Waals surface area contributed by atoms with Crippen LogP contribution >= 0.6 is 0 Å². The Bertz CT molecular complexity index is 567. The molecule has 0 atom stereocenters. The molecule has 6 nitrogen and oxygen atoms in total. The quantitative estimate of drug-likeness (QED) is 0.798. The van der Waals surface area contributed by atoms with Crippen molar-refractivity contribution < 1.29 is 14.4 Å². The molecule has 1 aromatic rings. The van der Waals surface area contributed by atoms with E-state index in [9.17, 15) is 14.4 Å². The van der Waals surface area contributed by atoms with Gasteiger partial charge in [0.05, 0.1) is 0 Å². The Kier molecular flexibility index (Phi) is 6.31. The van der Waals surface area contributed by atoms with Gasteiger partial charge >= 0.3 is 0 Å². The third kappa shape index (κ3) is 4.73. The van der Waals surface area contributed by atoms with Crippen LogP contribution in [0.15, 0.2) is 36.9 Å². The zero-order valence-corrected chi connectivity index (χ0v) is 13.1. The first kappa shape index (κ1) is 17.4. The molecule has 1 rings (SSSR count).